The lowest BCUT2D eigenvalue weighted by Gasteiger charge is -2.37. The molecular formula is C22H32N4O4. The second-order valence-electron chi connectivity index (χ2n) is 9.01. The first kappa shape index (κ1) is 20.9. The minimum atomic E-state index is -0.745. The number of cyclic esters (lactones) is 1. The Morgan fingerprint density at radius 1 is 1.20 bits per heavy atom. The van der Waals surface area contributed by atoms with Crippen molar-refractivity contribution in [3.8, 4) is 0 Å². The summed E-state index contributed by atoms with van der Waals surface area (Å²) < 4.78 is 5.80. The summed E-state index contributed by atoms with van der Waals surface area (Å²) in [5.74, 6) is -0.745. The van der Waals surface area contributed by atoms with E-state index >= 15 is 0 Å². The van der Waals surface area contributed by atoms with Crippen LogP contribution in [-0.4, -0.2) is 82.4 Å². The smallest absolute Gasteiger partial charge is 0.410 e. The quantitative estimate of drug-likeness (QED) is 0.763. The van der Waals surface area contributed by atoms with Crippen molar-refractivity contribution in [2.24, 2.45) is 0 Å². The molecule has 0 bridgehead atoms. The van der Waals surface area contributed by atoms with E-state index in [0.29, 0.717) is 25.9 Å². The molecule has 4 rings (SSSR count). The molecule has 2 atom stereocenters. The summed E-state index contributed by atoms with van der Waals surface area (Å²) in [7, 11) is 0. The summed E-state index contributed by atoms with van der Waals surface area (Å²) in [6.07, 6.45) is 8.58. The zero-order valence-electron chi connectivity index (χ0n) is 17.7. The number of hydrogen-bond acceptors (Lipinski definition) is 6. The molecular weight excluding hydrogens is 384 g/mol. The molecule has 8 nitrogen and oxygen atoms in total. The van der Waals surface area contributed by atoms with Gasteiger partial charge in [-0.1, -0.05) is 6.42 Å². The normalized spacial score (nSPS) is 28.6. The van der Waals surface area contributed by atoms with Gasteiger partial charge in [-0.25, -0.2) is 4.79 Å². The van der Waals surface area contributed by atoms with Crippen molar-refractivity contribution in [1.82, 2.24) is 14.8 Å². The van der Waals surface area contributed by atoms with Crippen molar-refractivity contribution < 1.29 is 19.4 Å². The van der Waals surface area contributed by atoms with Crippen molar-refractivity contribution in [1.29, 1.82) is 0 Å². The molecule has 3 aliphatic heterocycles. The van der Waals surface area contributed by atoms with Gasteiger partial charge >= 0.3 is 12.1 Å². The van der Waals surface area contributed by atoms with E-state index in [9.17, 15) is 14.7 Å². The number of rotatable bonds is 6. The van der Waals surface area contributed by atoms with Crippen LogP contribution in [0.25, 0.3) is 0 Å². The molecule has 0 saturated carbocycles. The zero-order valence-corrected chi connectivity index (χ0v) is 17.7. The number of carboxylic acids is 1. The molecule has 0 aliphatic carbocycles. The van der Waals surface area contributed by atoms with E-state index in [0.717, 1.165) is 45.3 Å². The molecule has 8 heteroatoms. The first-order chi connectivity index (χ1) is 14.5. The first-order valence-electron chi connectivity index (χ1n) is 11.1. The molecule has 2 unspecified atom stereocenters. The molecule has 3 aliphatic rings. The lowest BCUT2D eigenvalue weighted by Crippen LogP contribution is -2.48. The number of carbonyl (C=O) groups excluding carboxylic acids is 1. The van der Waals surface area contributed by atoms with Crippen LogP contribution in [0.5, 0.6) is 0 Å². The van der Waals surface area contributed by atoms with Crippen LogP contribution in [0, 0.1) is 0 Å². The Labute approximate surface area is 177 Å². The molecule has 0 radical (unpaired) electrons. The molecule has 1 aromatic rings. The third kappa shape index (κ3) is 4.53. The lowest BCUT2D eigenvalue weighted by atomic mass is 9.96. The SMILES string of the molecule is CC1(CCN2CCCCC2C(=O)O)CN(C2CCN(c3ccncc3)CC2)C(=O)O1. The Morgan fingerprint density at radius 3 is 2.63 bits per heavy atom. The van der Waals surface area contributed by atoms with E-state index in [1.807, 2.05) is 41.2 Å². The predicted octanol–water partition coefficient (Wildman–Crippen LogP) is 2.59. The summed E-state index contributed by atoms with van der Waals surface area (Å²) in [5, 5.41) is 9.48. The van der Waals surface area contributed by atoms with Gasteiger partial charge in [-0.15, -0.1) is 0 Å². The lowest BCUT2D eigenvalue weighted by molar-refractivity contribution is -0.144. The Kier molecular flexibility index (Phi) is 6.13. The van der Waals surface area contributed by atoms with Crippen LogP contribution in [0.4, 0.5) is 10.5 Å². The van der Waals surface area contributed by atoms with Crippen molar-refractivity contribution in [3.05, 3.63) is 24.5 Å². The van der Waals surface area contributed by atoms with Gasteiger partial charge < -0.3 is 19.6 Å². The number of amides is 1. The standard InChI is InChI=1S/C22H32N4O4/c1-22(9-15-25-12-3-2-4-19(25)20(27)28)16-26(21(29)30-22)18-7-13-24(14-8-18)17-5-10-23-11-6-17/h5-6,10-11,18-19H,2-4,7-9,12-16H2,1H3,(H,27,28). The van der Waals surface area contributed by atoms with Crippen LogP contribution in [0.15, 0.2) is 24.5 Å². The fraction of sp³-hybridized carbons (Fsp3) is 0.682. The topological polar surface area (TPSA) is 86.2 Å². The highest BCUT2D eigenvalue weighted by atomic mass is 16.6. The van der Waals surface area contributed by atoms with E-state index in [1.54, 1.807) is 0 Å². The average Bonchev–Trinajstić information content (AvgIpc) is 3.08. The molecule has 164 valence electrons. The van der Waals surface area contributed by atoms with Crippen molar-refractivity contribution in [3.63, 3.8) is 0 Å². The molecule has 0 aromatic carbocycles. The van der Waals surface area contributed by atoms with Gasteiger partial charge in [0, 0.05) is 50.2 Å². The molecule has 1 N–H and O–H groups in total. The molecule has 1 aromatic heterocycles. The van der Waals surface area contributed by atoms with Crippen LogP contribution in [0.2, 0.25) is 0 Å². The molecule has 0 spiro atoms. The Morgan fingerprint density at radius 2 is 1.93 bits per heavy atom. The van der Waals surface area contributed by atoms with E-state index in [2.05, 4.69) is 9.88 Å². The number of likely N-dealkylation sites (tertiary alicyclic amines) is 1. The van der Waals surface area contributed by atoms with Crippen molar-refractivity contribution in [2.45, 2.75) is 63.1 Å². The monoisotopic (exact) mass is 416 g/mol. The van der Waals surface area contributed by atoms with Gasteiger partial charge in [0.2, 0.25) is 0 Å². The number of pyridine rings is 1. The van der Waals surface area contributed by atoms with E-state index < -0.39 is 17.6 Å². The van der Waals surface area contributed by atoms with Gasteiger partial charge in [-0.05, 0) is 51.3 Å². The summed E-state index contributed by atoms with van der Waals surface area (Å²) in [6.45, 7) is 5.83. The number of aliphatic carboxylic acids is 1. The second kappa shape index (κ2) is 8.79. The van der Waals surface area contributed by atoms with Crippen LogP contribution in [0.1, 0.15) is 45.4 Å². The highest BCUT2D eigenvalue weighted by Crippen LogP contribution is 2.32. The van der Waals surface area contributed by atoms with Gasteiger partial charge in [-0.3, -0.25) is 14.7 Å². The number of anilines is 1. The fourth-order valence-electron chi connectivity index (χ4n) is 5.04. The third-order valence-electron chi connectivity index (χ3n) is 6.83. The highest BCUT2D eigenvalue weighted by molar-refractivity contribution is 5.73. The number of ether oxygens (including phenoxy) is 1. The number of carboxylic acid groups (broad SMARTS) is 1. The van der Waals surface area contributed by atoms with Crippen LogP contribution in [-0.2, 0) is 9.53 Å². The van der Waals surface area contributed by atoms with Gasteiger partial charge in [-0.2, -0.15) is 0 Å². The van der Waals surface area contributed by atoms with Crippen LogP contribution >= 0.6 is 0 Å². The van der Waals surface area contributed by atoms with Crippen molar-refractivity contribution in [2.75, 3.05) is 37.6 Å². The zero-order chi connectivity index (χ0) is 21.1. The van der Waals surface area contributed by atoms with E-state index in [1.165, 1.54) is 5.69 Å². The van der Waals surface area contributed by atoms with Gasteiger partial charge in [0.15, 0.2) is 0 Å². The fourth-order valence-corrected chi connectivity index (χ4v) is 5.04. The molecule has 3 fully saturated rings. The largest absolute Gasteiger partial charge is 0.480 e. The Hall–Kier alpha value is -2.35. The number of nitrogens with zero attached hydrogens (tertiary/aromatic N) is 4. The van der Waals surface area contributed by atoms with Gasteiger partial charge in [0.1, 0.15) is 11.6 Å². The summed E-state index contributed by atoms with van der Waals surface area (Å²) >= 11 is 0. The minimum absolute atomic E-state index is 0.194. The van der Waals surface area contributed by atoms with Crippen LogP contribution in [0.3, 0.4) is 0 Å². The van der Waals surface area contributed by atoms with Gasteiger partial charge in [0.05, 0.1) is 6.54 Å². The number of piperidine rings is 2. The number of carbonyl (C=O) groups is 2. The maximum atomic E-state index is 12.6. The summed E-state index contributed by atoms with van der Waals surface area (Å²) in [6, 6.07) is 3.83. The second-order valence-corrected chi connectivity index (χ2v) is 9.01. The Balaban J connectivity index is 1.31. The van der Waals surface area contributed by atoms with Crippen molar-refractivity contribution >= 4 is 17.7 Å². The van der Waals surface area contributed by atoms with E-state index in [-0.39, 0.29) is 12.1 Å². The van der Waals surface area contributed by atoms with Crippen LogP contribution < -0.4 is 4.90 Å². The third-order valence-corrected chi connectivity index (χ3v) is 6.83. The number of aromatic nitrogens is 1. The molecule has 1 amide bonds. The maximum absolute atomic E-state index is 12.6. The Bertz CT molecular complexity index is 753. The maximum Gasteiger partial charge on any atom is 0.410 e. The summed E-state index contributed by atoms with van der Waals surface area (Å²) in [5.41, 5.74) is 0.617. The first-order valence-corrected chi connectivity index (χ1v) is 11.1. The molecule has 4 heterocycles. The predicted molar refractivity (Wildman–Crippen MR) is 113 cm³/mol. The molecule has 3 saturated heterocycles. The van der Waals surface area contributed by atoms with E-state index in [4.69, 9.17) is 4.74 Å². The average molecular weight is 417 g/mol. The summed E-state index contributed by atoms with van der Waals surface area (Å²) in [4.78, 5) is 34.5. The highest BCUT2D eigenvalue weighted by Gasteiger charge is 2.45. The number of hydrogen-bond donors (Lipinski definition) is 1. The minimum Gasteiger partial charge on any atom is -0.480 e. The molecule has 30 heavy (non-hydrogen) atoms. The van der Waals surface area contributed by atoms with Gasteiger partial charge in [0.25, 0.3) is 0 Å².